The lowest BCUT2D eigenvalue weighted by molar-refractivity contribution is 0.570. The van der Waals surface area contributed by atoms with Gasteiger partial charge < -0.3 is 0 Å². The Hall–Kier alpha value is -0.490. The summed E-state index contributed by atoms with van der Waals surface area (Å²) in [6.07, 6.45) is 0. The Kier molecular flexibility index (Phi) is 4.14. The van der Waals surface area contributed by atoms with Gasteiger partial charge in [0.05, 0.1) is 11.8 Å². The quantitative estimate of drug-likeness (QED) is 0.374. The Morgan fingerprint density at radius 3 is 2.83 bits per heavy atom. The monoisotopic (exact) mass is 101 g/mol. The summed E-state index contributed by atoms with van der Waals surface area (Å²) in [5, 5.41) is 7.77. The molecule has 0 aromatic rings. The number of carbonyl (C=O) groups is 1. The lowest BCUT2D eigenvalue weighted by Crippen LogP contribution is -1.64. The largest absolute Gasteiger partial charge is 0.291 e. The van der Waals surface area contributed by atoms with Crippen LogP contribution >= 0.6 is 11.8 Å². The normalized spacial score (nSPS) is 6.50. The molecule has 0 unspecified atom stereocenters. The number of hydrogen-bond donors (Lipinski definition) is 0. The minimum atomic E-state index is 0.267. The average molecular weight is 101 g/mol. The van der Waals surface area contributed by atoms with Crippen LogP contribution in [-0.2, 0) is 4.79 Å². The van der Waals surface area contributed by atoms with Gasteiger partial charge in [0.2, 0.25) is 0 Å². The Morgan fingerprint density at radius 2 is 2.67 bits per heavy atom. The molecule has 2 nitrogen and oxygen atoms in total. The van der Waals surface area contributed by atoms with Gasteiger partial charge in [-0.2, -0.15) is 5.26 Å². The third-order valence-corrected chi connectivity index (χ3v) is 0.648. The third-order valence-electron chi connectivity index (χ3n) is 0.216. The van der Waals surface area contributed by atoms with Crippen molar-refractivity contribution in [3.63, 3.8) is 0 Å². The molecule has 0 rings (SSSR count). The van der Waals surface area contributed by atoms with Gasteiger partial charge in [-0.3, -0.25) is 4.79 Å². The molecule has 0 bridgehead atoms. The molecule has 0 aliphatic heterocycles. The fraction of sp³-hybridized carbons (Fsp3) is 0.333. The van der Waals surface area contributed by atoms with Crippen LogP contribution in [0, 0.1) is 11.3 Å². The number of rotatable bonds is 2. The summed E-state index contributed by atoms with van der Waals surface area (Å²) in [7, 11) is 0. The summed E-state index contributed by atoms with van der Waals surface area (Å²) in [4.78, 5) is 9.38. The van der Waals surface area contributed by atoms with E-state index in [0.29, 0.717) is 5.62 Å². The van der Waals surface area contributed by atoms with Crippen LogP contribution in [0.2, 0.25) is 0 Å². The molecule has 0 saturated heterocycles. The van der Waals surface area contributed by atoms with Crippen molar-refractivity contribution in [2.24, 2.45) is 0 Å². The van der Waals surface area contributed by atoms with Gasteiger partial charge in [0.15, 0.2) is 5.62 Å². The molecule has 0 heterocycles. The van der Waals surface area contributed by atoms with E-state index in [1.54, 1.807) is 6.07 Å². The summed E-state index contributed by atoms with van der Waals surface area (Å²) in [5.41, 5.74) is 0.656. The molecule has 0 aliphatic rings. The second-order valence-electron chi connectivity index (χ2n) is 0.565. The zero-order valence-corrected chi connectivity index (χ0v) is 3.86. The molecule has 0 atom stereocenters. The maximum absolute atomic E-state index is 9.38. The zero-order valence-electron chi connectivity index (χ0n) is 3.05. The van der Waals surface area contributed by atoms with E-state index >= 15 is 0 Å². The van der Waals surface area contributed by atoms with Crippen molar-refractivity contribution in [2.45, 2.75) is 0 Å². The first kappa shape index (κ1) is 5.51. The van der Waals surface area contributed by atoms with Crippen molar-refractivity contribution < 1.29 is 4.79 Å². The summed E-state index contributed by atoms with van der Waals surface area (Å²) in [6, 6.07) is 1.80. The fourth-order valence-corrected chi connectivity index (χ4v) is 0.214. The molecule has 0 fully saturated rings. The number of thioether (sulfide) groups is 1. The third kappa shape index (κ3) is 3.51. The Bertz CT molecular complexity index is 75.4. The maximum atomic E-state index is 9.38. The smallest absolute Gasteiger partial charge is 0.177 e. The van der Waals surface area contributed by atoms with Gasteiger partial charge in [-0.05, 0) is 0 Å². The number of nitrogens with zero attached hydrogens (tertiary/aromatic N) is 1. The van der Waals surface area contributed by atoms with E-state index in [-0.39, 0.29) is 5.75 Å². The number of carbonyl (C=O) groups excluding carboxylic acids is 1. The van der Waals surface area contributed by atoms with E-state index < -0.39 is 0 Å². The van der Waals surface area contributed by atoms with Crippen LogP contribution in [0.4, 0.5) is 0 Å². The molecule has 3 heteroatoms. The van der Waals surface area contributed by atoms with Crippen molar-refractivity contribution in [1.82, 2.24) is 0 Å². The molecule has 0 aromatic heterocycles. The van der Waals surface area contributed by atoms with Gasteiger partial charge in [0.1, 0.15) is 0 Å². The average Bonchev–Trinajstić information content (AvgIpc) is 1.61. The minimum absolute atomic E-state index is 0.267. The first-order chi connectivity index (χ1) is 2.91. The Balaban J connectivity index is 2.72. The topological polar surface area (TPSA) is 40.9 Å². The second kappa shape index (κ2) is 4.51. The van der Waals surface area contributed by atoms with Crippen LogP contribution in [0.25, 0.3) is 0 Å². The van der Waals surface area contributed by atoms with Gasteiger partial charge in [0.25, 0.3) is 0 Å². The van der Waals surface area contributed by atoms with Crippen molar-refractivity contribution in [1.29, 1.82) is 5.26 Å². The highest BCUT2D eigenvalue weighted by atomic mass is 32.2. The molecule has 0 radical (unpaired) electrons. The lowest BCUT2D eigenvalue weighted by Gasteiger charge is -1.67. The van der Waals surface area contributed by atoms with E-state index in [4.69, 9.17) is 5.26 Å². The zero-order chi connectivity index (χ0) is 4.83. The van der Waals surface area contributed by atoms with E-state index in [0.717, 1.165) is 11.8 Å². The van der Waals surface area contributed by atoms with Crippen molar-refractivity contribution in [3.8, 4) is 6.07 Å². The molecular formula is C3H3NOS. The number of nitriles is 1. The summed E-state index contributed by atoms with van der Waals surface area (Å²) in [5.74, 6) is 0.267. The molecule has 32 valence electrons. The van der Waals surface area contributed by atoms with Gasteiger partial charge in [-0.1, -0.05) is 11.8 Å². The molecule has 0 N–H and O–H groups in total. The standard InChI is InChI=1S/C3H3NOS/c4-1-2-6-3-5/h3H,2H2. The Labute approximate surface area is 40.1 Å². The van der Waals surface area contributed by atoms with Crippen molar-refractivity contribution in [3.05, 3.63) is 0 Å². The highest BCUT2D eigenvalue weighted by molar-refractivity contribution is 8.12. The van der Waals surface area contributed by atoms with Crippen LogP contribution in [0.3, 0.4) is 0 Å². The SMILES string of the molecule is N#CCSC=O. The minimum Gasteiger partial charge on any atom is -0.291 e. The van der Waals surface area contributed by atoms with Crippen LogP contribution < -0.4 is 0 Å². The number of hydrogen-bond acceptors (Lipinski definition) is 3. The Morgan fingerprint density at radius 1 is 2.00 bits per heavy atom. The van der Waals surface area contributed by atoms with E-state index in [1.807, 2.05) is 0 Å². The molecule has 6 heavy (non-hydrogen) atoms. The highest BCUT2D eigenvalue weighted by Crippen LogP contribution is 1.86. The first-order valence-corrected chi connectivity index (χ1v) is 2.39. The summed E-state index contributed by atoms with van der Waals surface area (Å²) >= 11 is 0.966. The predicted octanol–water partition coefficient (Wildman–Crippen LogP) is 0.433. The molecule has 0 aromatic carbocycles. The van der Waals surface area contributed by atoms with E-state index in [9.17, 15) is 4.79 Å². The predicted molar refractivity (Wildman–Crippen MR) is 24.8 cm³/mol. The van der Waals surface area contributed by atoms with Gasteiger partial charge >= 0.3 is 0 Å². The molecule has 0 aliphatic carbocycles. The maximum Gasteiger partial charge on any atom is 0.177 e. The fourth-order valence-electron chi connectivity index (χ4n) is 0.0713. The van der Waals surface area contributed by atoms with Gasteiger partial charge in [0, 0.05) is 0 Å². The molecule has 0 spiro atoms. The van der Waals surface area contributed by atoms with Gasteiger partial charge in [-0.15, -0.1) is 0 Å². The van der Waals surface area contributed by atoms with E-state index in [2.05, 4.69) is 0 Å². The second-order valence-corrected chi connectivity index (χ2v) is 1.38. The van der Waals surface area contributed by atoms with Crippen LogP contribution in [0.1, 0.15) is 0 Å². The molecule has 0 amide bonds. The highest BCUT2D eigenvalue weighted by Gasteiger charge is 1.73. The first-order valence-electron chi connectivity index (χ1n) is 1.34. The van der Waals surface area contributed by atoms with Crippen molar-refractivity contribution in [2.75, 3.05) is 5.75 Å². The van der Waals surface area contributed by atoms with Crippen LogP contribution in [-0.4, -0.2) is 11.4 Å². The summed E-state index contributed by atoms with van der Waals surface area (Å²) in [6.45, 7) is 0. The molecular weight excluding hydrogens is 98.1 g/mol. The lowest BCUT2D eigenvalue weighted by atomic mass is 10.9. The van der Waals surface area contributed by atoms with Crippen LogP contribution in [0.15, 0.2) is 0 Å². The van der Waals surface area contributed by atoms with Crippen LogP contribution in [0.5, 0.6) is 0 Å². The summed E-state index contributed by atoms with van der Waals surface area (Å²) < 4.78 is 0. The van der Waals surface area contributed by atoms with E-state index in [1.165, 1.54) is 0 Å². The molecule has 0 saturated carbocycles. The van der Waals surface area contributed by atoms with Gasteiger partial charge in [-0.25, -0.2) is 0 Å². The van der Waals surface area contributed by atoms with Crippen molar-refractivity contribution >= 4 is 17.4 Å².